The predicted octanol–water partition coefficient (Wildman–Crippen LogP) is 2.45. The summed E-state index contributed by atoms with van der Waals surface area (Å²) in [5.74, 6) is 0. The fourth-order valence-corrected chi connectivity index (χ4v) is 3.15. The van der Waals surface area contributed by atoms with E-state index in [1.807, 2.05) is 0 Å². The standard InChI is InChI=1S/C12H15BrN2O2S/c1-9(13)8-14-11-4-2-3-5-12(11)18(16,17)15-10-6-7-10/h2-5,10,14-15H,1,6-8H2. The van der Waals surface area contributed by atoms with Gasteiger partial charge in [0, 0.05) is 17.1 Å². The van der Waals surface area contributed by atoms with Crippen molar-refractivity contribution in [2.75, 3.05) is 11.9 Å². The van der Waals surface area contributed by atoms with Gasteiger partial charge >= 0.3 is 0 Å². The summed E-state index contributed by atoms with van der Waals surface area (Å²) >= 11 is 3.24. The van der Waals surface area contributed by atoms with Crippen molar-refractivity contribution in [2.45, 2.75) is 23.8 Å². The molecule has 4 nitrogen and oxygen atoms in total. The molecule has 0 heterocycles. The Morgan fingerprint density at radius 3 is 2.67 bits per heavy atom. The Morgan fingerprint density at radius 2 is 2.06 bits per heavy atom. The van der Waals surface area contributed by atoms with Crippen molar-refractivity contribution in [3.8, 4) is 0 Å². The van der Waals surface area contributed by atoms with Crippen LogP contribution in [0.3, 0.4) is 0 Å². The predicted molar refractivity (Wildman–Crippen MR) is 76.3 cm³/mol. The number of para-hydroxylation sites is 1. The summed E-state index contributed by atoms with van der Waals surface area (Å²) in [5, 5.41) is 3.05. The number of nitrogens with one attached hydrogen (secondary N) is 2. The number of rotatable bonds is 6. The molecule has 6 heteroatoms. The Hall–Kier alpha value is -0.850. The minimum Gasteiger partial charge on any atom is -0.379 e. The Balaban J connectivity index is 2.22. The van der Waals surface area contributed by atoms with E-state index in [9.17, 15) is 8.42 Å². The van der Waals surface area contributed by atoms with Crippen LogP contribution in [0.1, 0.15) is 12.8 Å². The van der Waals surface area contributed by atoms with Crippen LogP contribution < -0.4 is 10.0 Å². The van der Waals surface area contributed by atoms with Gasteiger partial charge in [-0.1, -0.05) is 34.6 Å². The van der Waals surface area contributed by atoms with Gasteiger partial charge in [-0.15, -0.1) is 0 Å². The monoisotopic (exact) mass is 330 g/mol. The zero-order valence-electron chi connectivity index (χ0n) is 9.82. The van der Waals surface area contributed by atoms with E-state index in [1.165, 1.54) is 0 Å². The third-order valence-corrected chi connectivity index (χ3v) is 4.41. The van der Waals surface area contributed by atoms with E-state index < -0.39 is 10.0 Å². The van der Waals surface area contributed by atoms with Gasteiger partial charge in [0.1, 0.15) is 4.90 Å². The Kier molecular flexibility index (Phi) is 4.09. The third kappa shape index (κ3) is 3.57. The number of sulfonamides is 1. The highest BCUT2D eigenvalue weighted by molar-refractivity contribution is 9.11. The lowest BCUT2D eigenvalue weighted by atomic mass is 10.3. The van der Waals surface area contributed by atoms with Crippen LogP contribution in [-0.4, -0.2) is 21.0 Å². The number of halogens is 1. The van der Waals surface area contributed by atoms with Gasteiger partial charge in [0.25, 0.3) is 0 Å². The highest BCUT2D eigenvalue weighted by atomic mass is 79.9. The van der Waals surface area contributed by atoms with Crippen molar-refractivity contribution < 1.29 is 8.42 Å². The molecular formula is C12H15BrN2O2S. The Bertz CT molecular complexity index is 553. The molecule has 0 amide bonds. The summed E-state index contributed by atoms with van der Waals surface area (Å²) in [7, 11) is -3.43. The van der Waals surface area contributed by atoms with Gasteiger partial charge in [0.2, 0.25) is 10.0 Å². The molecule has 0 aliphatic heterocycles. The van der Waals surface area contributed by atoms with Gasteiger partial charge in [-0.05, 0) is 25.0 Å². The fraction of sp³-hybridized carbons (Fsp3) is 0.333. The number of hydrogen-bond acceptors (Lipinski definition) is 3. The number of anilines is 1. The van der Waals surface area contributed by atoms with Crippen LogP contribution in [0.15, 0.2) is 40.2 Å². The SMILES string of the molecule is C=C(Br)CNc1ccccc1S(=O)(=O)NC1CC1. The van der Waals surface area contributed by atoms with Crippen LogP contribution in [0.2, 0.25) is 0 Å². The first-order valence-electron chi connectivity index (χ1n) is 5.67. The van der Waals surface area contributed by atoms with Crippen molar-refractivity contribution in [3.05, 3.63) is 35.3 Å². The Morgan fingerprint density at radius 1 is 1.39 bits per heavy atom. The highest BCUT2D eigenvalue weighted by Crippen LogP contribution is 2.26. The zero-order chi connectivity index (χ0) is 13.2. The van der Waals surface area contributed by atoms with Crippen molar-refractivity contribution in [1.82, 2.24) is 4.72 Å². The molecule has 1 aromatic rings. The first-order chi connectivity index (χ1) is 8.49. The lowest BCUT2D eigenvalue weighted by Crippen LogP contribution is -2.26. The van der Waals surface area contributed by atoms with Crippen LogP contribution in [-0.2, 0) is 10.0 Å². The van der Waals surface area contributed by atoms with E-state index in [-0.39, 0.29) is 10.9 Å². The Labute approximate surface area is 116 Å². The highest BCUT2D eigenvalue weighted by Gasteiger charge is 2.29. The van der Waals surface area contributed by atoms with Crippen LogP contribution in [0.4, 0.5) is 5.69 Å². The summed E-state index contributed by atoms with van der Waals surface area (Å²) in [6.07, 6.45) is 1.85. The average Bonchev–Trinajstić information content (AvgIpc) is 3.10. The van der Waals surface area contributed by atoms with E-state index in [1.54, 1.807) is 24.3 Å². The van der Waals surface area contributed by atoms with Crippen molar-refractivity contribution in [1.29, 1.82) is 0 Å². The van der Waals surface area contributed by atoms with Crippen LogP contribution in [0, 0.1) is 0 Å². The largest absolute Gasteiger partial charge is 0.379 e. The average molecular weight is 331 g/mol. The second-order valence-electron chi connectivity index (χ2n) is 4.26. The van der Waals surface area contributed by atoms with Gasteiger partial charge in [-0.25, -0.2) is 13.1 Å². The van der Waals surface area contributed by atoms with Gasteiger partial charge in [0.15, 0.2) is 0 Å². The summed E-state index contributed by atoms with van der Waals surface area (Å²) in [6, 6.07) is 6.97. The smallest absolute Gasteiger partial charge is 0.242 e. The van der Waals surface area contributed by atoms with E-state index in [0.29, 0.717) is 12.2 Å². The molecule has 0 aromatic heterocycles. The van der Waals surface area contributed by atoms with E-state index in [0.717, 1.165) is 17.3 Å². The number of hydrogen-bond donors (Lipinski definition) is 2. The molecule has 1 saturated carbocycles. The quantitative estimate of drug-likeness (QED) is 0.842. The first-order valence-corrected chi connectivity index (χ1v) is 7.95. The number of benzene rings is 1. The molecule has 0 unspecified atom stereocenters. The fourth-order valence-electron chi connectivity index (χ4n) is 1.52. The van der Waals surface area contributed by atoms with E-state index >= 15 is 0 Å². The first kappa shape index (κ1) is 13.6. The van der Waals surface area contributed by atoms with Crippen molar-refractivity contribution in [2.24, 2.45) is 0 Å². The van der Waals surface area contributed by atoms with E-state index in [2.05, 4.69) is 32.5 Å². The van der Waals surface area contributed by atoms with Gasteiger partial charge < -0.3 is 5.32 Å². The second-order valence-corrected chi connectivity index (χ2v) is 7.07. The summed E-state index contributed by atoms with van der Waals surface area (Å²) in [4.78, 5) is 0.283. The topological polar surface area (TPSA) is 58.2 Å². The minimum atomic E-state index is -3.43. The maximum Gasteiger partial charge on any atom is 0.242 e. The van der Waals surface area contributed by atoms with Crippen LogP contribution >= 0.6 is 15.9 Å². The normalized spacial score (nSPS) is 15.4. The van der Waals surface area contributed by atoms with Gasteiger partial charge in [0.05, 0.1) is 5.69 Å². The molecule has 1 aromatic carbocycles. The van der Waals surface area contributed by atoms with Gasteiger partial charge in [-0.2, -0.15) is 0 Å². The van der Waals surface area contributed by atoms with Crippen LogP contribution in [0.5, 0.6) is 0 Å². The molecule has 2 N–H and O–H groups in total. The molecule has 1 aliphatic rings. The molecule has 1 aliphatic carbocycles. The van der Waals surface area contributed by atoms with Crippen molar-refractivity contribution in [3.63, 3.8) is 0 Å². The maximum absolute atomic E-state index is 12.2. The van der Waals surface area contributed by atoms with Gasteiger partial charge in [-0.3, -0.25) is 0 Å². The molecule has 2 rings (SSSR count). The molecule has 0 atom stereocenters. The molecule has 0 saturated heterocycles. The summed E-state index contributed by atoms with van der Waals surface area (Å²) < 4.78 is 27.8. The van der Waals surface area contributed by atoms with Crippen LogP contribution in [0.25, 0.3) is 0 Å². The summed E-state index contributed by atoms with van der Waals surface area (Å²) in [5.41, 5.74) is 0.589. The molecule has 98 valence electrons. The minimum absolute atomic E-state index is 0.106. The molecule has 0 radical (unpaired) electrons. The molecule has 18 heavy (non-hydrogen) atoms. The third-order valence-electron chi connectivity index (χ3n) is 2.55. The molecule has 0 bridgehead atoms. The maximum atomic E-state index is 12.2. The lowest BCUT2D eigenvalue weighted by Gasteiger charge is -2.12. The zero-order valence-corrected chi connectivity index (χ0v) is 12.2. The second kappa shape index (κ2) is 5.42. The summed E-state index contributed by atoms with van der Waals surface area (Å²) in [6.45, 7) is 4.19. The molecule has 1 fully saturated rings. The van der Waals surface area contributed by atoms with E-state index in [4.69, 9.17) is 0 Å². The molecular weight excluding hydrogens is 316 g/mol. The molecule has 0 spiro atoms. The lowest BCUT2D eigenvalue weighted by molar-refractivity contribution is 0.581. The van der Waals surface area contributed by atoms with Crippen molar-refractivity contribution >= 4 is 31.6 Å².